The van der Waals surface area contributed by atoms with Gasteiger partial charge in [0.25, 0.3) is 0 Å². The number of carbonyl (C=O) groups is 2. The number of esters is 1. The maximum Gasteiger partial charge on any atom is 0.446 e. The number of thioether (sulfide) groups is 1. The van der Waals surface area contributed by atoms with Crippen molar-refractivity contribution in [3.8, 4) is 29.8 Å². The van der Waals surface area contributed by atoms with Crippen molar-refractivity contribution in [2.75, 3.05) is 44.5 Å². The van der Waals surface area contributed by atoms with Gasteiger partial charge in [-0.1, -0.05) is 111 Å². The summed E-state index contributed by atoms with van der Waals surface area (Å²) in [5, 5.41) is 16.6. The molecule has 1 aliphatic rings. The second-order valence-electron chi connectivity index (χ2n) is 16.7. The largest absolute Gasteiger partial charge is 0.488 e. The molecule has 74 heavy (non-hydrogen) atoms. The van der Waals surface area contributed by atoms with Crippen LogP contribution in [0.15, 0.2) is 76.8 Å². The lowest BCUT2D eigenvalue weighted by Crippen LogP contribution is -2.37. The van der Waals surface area contributed by atoms with Crippen molar-refractivity contribution in [1.82, 2.24) is 18.4 Å². The molecule has 5 rings (SSSR count). The average Bonchev–Trinajstić information content (AvgIpc) is 3.69. The first-order chi connectivity index (χ1) is 35.0. The van der Waals surface area contributed by atoms with Gasteiger partial charge < -0.3 is 15.2 Å². The van der Waals surface area contributed by atoms with Crippen LogP contribution < -0.4 is 10.5 Å². The molecule has 0 saturated heterocycles. The van der Waals surface area contributed by atoms with Gasteiger partial charge in [-0.15, -0.1) is 18.2 Å². The van der Waals surface area contributed by atoms with Crippen molar-refractivity contribution in [3.63, 3.8) is 0 Å². The van der Waals surface area contributed by atoms with Crippen LogP contribution in [-0.4, -0.2) is 94.9 Å². The number of aromatic nitrogens is 2. The molecule has 3 aromatic carbocycles. The number of rotatable bonds is 18. The Kier molecular flexibility index (Phi) is 26.8. The number of amides is 1. The first-order valence-corrected chi connectivity index (χ1v) is 27.8. The molecule has 0 radical (unpaired) electrons. The number of benzene rings is 3. The van der Waals surface area contributed by atoms with E-state index in [4.69, 9.17) is 63.3 Å². The Morgan fingerprint density at radius 2 is 1.64 bits per heavy atom. The highest BCUT2D eigenvalue weighted by atomic mass is 35.5. The predicted octanol–water partition coefficient (Wildman–Crippen LogP) is 11.5. The molecular weight excluding hydrogens is 1090 g/mol. The summed E-state index contributed by atoms with van der Waals surface area (Å²) in [6.45, 7) is 13.0. The number of terminal acetylenes is 1. The van der Waals surface area contributed by atoms with Gasteiger partial charge in [0.15, 0.2) is 5.69 Å². The lowest BCUT2D eigenvalue weighted by atomic mass is 9.87. The molecule has 25 heteroatoms. The van der Waals surface area contributed by atoms with Gasteiger partial charge in [-0.05, 0) is 80.2 Å². The molecule has 4 unspecified atom stereocenters. The quantitative estimate of drug-likeness (QED) is 0.0187. The third kappa shape index (κ3) is 20.7. The zero-order chi connectivity index (χ0) is 55.2. The summed E-state index contributed by atoms with van der Waals surface area (Å²) >= 11 is 12.5. The molecule has 4 atom stereocenters. The van der Waals surface area contributed by atoms with Gasteiger partial charge in [-0.25, -0.2) is 18.1 Å². The zero-order valence-electron chi connectivity index (χ0n) is 42.1. The van der Waals surface area contributed by atoms with E-state index in [1.165, 1.54) is 33.8 Å². The maximum atomic E-state index is 12.8. The molecule has 1 saturated carbocycles. The topological polar surface area (TPSA) is 201 Å². The molecule has 404 valence electrons. The number of carbonyl (C=O) groups excluding carboxylic acids is 2. The van der Waals surface area contributed by atoms with Gasteiger partial charge in [0.1, 0.15) is 52.1 Å². The number of nitrogens with zero attached hydrogens (tertiary/aromatic N) is 6. The van der Waals surface area contributed by atoms with Gasteiger partial charge in [-0.3, -0.25) is 22.2 Å². The van der Waals surface area contributed by atoms with Crippen molar-refractivity contribution in [2.45, 2.75) is 109 Å². The van der Waals surface area contributed by atoms with E-state index in [1.807, 2.05) is 53.0 Å². The summed E-state index contributed by atoms with van der Waals surface area (Å²) in [5.74, 6) is 2.82. The van der Waals surface area contributed by atoms with Gasteiger partial charge in [-0.2, -0.15) is 27.7 Å². The number of nitriles is 1. The Hall–Kier alpha value is -4.82. The molecule has 1 amide bonds. The average molecular weight is 1150 g/mol. The van der Waals surface area contributed by atoms with Crippen LogP contribution in [0.2, 0.25) is 10.0 Å². The van der Waals surface area contributed by atoms with E-state index in [1.54, 1.807) is 33.9 Å². The fourth-order valence-electron chi connectivity index (χ4n) is 6.48. The molecule has 4 aromatic rings. The molecule has 1 aliphatic carbocycles. The molecule has 16 nitrogen and oxygen atoms in total. The van der Waals surface area contributed by atoms with Crippen LogP contribution in [0.3, 0.4) is 0 Å². The van der Waals surface area contributed by atoms with E-state index in [0.29, 0.717) is 36.9 Å². The minimum absolute atomic E-state index is 0.00738. The summed E-state index contributed by atoms with van der Waals surface area (Å²) in [6.07, 6.45) is 5.36. The molecule has 1 aromatic heterocycles. The van der Waals surface area contributed by atoms with Gasteiger partial charge in [0.2, 0.25) is 0 Å². The fourth-order valence-corrected chi connectivity index (χ4v) is 9.61. The van der Waals surface area contributed by atoms with E-state index in [2.05, 4.69) is 49.1 Å². The smallest absolute Gasteiger partial charge is 0.446 e. The fraction of sp³-hybridized carbons (Fsp3) is 0.449. The molecular formula is C49H60Cl2F3N7O9S4. The van der Waals surface area contributed by atoms with Crippen LogP contribution in [0.4, 0.5) is 23.8 Å². The van der Waals surface area contributed by atoms with Crippen LogP contribution in [0.5, 0.6) is 5.75 Å². The van der Waals surface area contributed by atoms with Crippen LogP contribution in [0, 0.1) is 23.7 Å². The lowest BCUT2D eigenvalue weighted by molar-refractivity contribution is -0.143. The van der Waals surface area contributed by atoms with E-state index < -0.39 is 40.0 Å². The van der Waals surface area contributed by atoms with E-state index in [-0.39, 0.29) is 74.5 Å². The summed E-state index contributed by atoms with van der Waals surface area (Å²) in [5.41, 5.74) is 6.94. The van der Waals surface area contributed by atoms with E-state index in [0.717, 1.165) is 41.7 Å². The van der Waals surface area contributed by atoms with E-state index >= 15 is 0 Å². The summed E-state index contributed by atoms with van der Waals surface area (Å²) in [4.78, 5) is 28.6. The summed E-state index contributed by atoms with van der Waals surface area (Å²) in [7, 11) is 0.00151. The van der Waals surface area contributed by atoms with Crippen molar-refractivity contribution >= 4 is 92.2 Å². The first-order valence-electron chi connectivity index (χ1n) is 22.8. The van der Waals surface area contributed by atoms with Crippen molar-refractivity contribution in [1.29, 1.82) is 5.26 Å². The monoisotopic (exact) mass is 1150 g/mol. The Morgan fingerprint density at radius 1 is 1.01 bits per heavy atom. The zero-order valence-corrected chi connectivity index (χ0v) is 46.9. The number of halogens is 5. The Labute approximate surface area is 454 Å². The highest BCUT2D eigenvalue weighted by Gasteiger charge is 2.34. The second kappa shape index (κ2) is 31.3. The molecule has 2 N–H and O–H groups in total. The summed E-state index contributed by atoms with van der Waals surface area (Å²) in [6, 6.07) is 21.0. The number of alkyl halides is 3. The van der Waals surface area contributed by atoms with Crippen molar-refractivity contribution < 1.29 is 53.9 Å². The third-order valence-electron chi connectivity index (χ3n) is 10.2. The molecule has 1 heterocycles. The van der Waals surface area contributed by atoms with Gasteiger partial charge >= 0.3 is 29.6 Å². The highest BCUT2D eigenvalue weighted by molar-refractivity contribution is 8.13. The first kappa shape index (κ1) is 63.5. The predicted molar refractivity (Wildman–Crippen MR) is 287 cm³/mol. The number of hydrogen-bond acceptors (Lipinski definition) is 16. The van der Waals surface area contributed by atoms with Gasteiger partial charge in [0, 0.05) is 38.0 Å². The number of nitrogens with two attached hydrogens (primary N) is 1. The maximum absolute atomic E-state index is 12.8. The SMILES string of the molecule is C#CCOS(=O)OC1CCCCC1Oc1ccc(C(C)(C)C)cc1.CCOC(=O)CCN(Cc1ccccc1)SN(C)C(=O)O/N=C(/C)SC.CCS(=O)c1c(C#N)nn(-c2c(Cl)cc(C(F)(F)F)cc2Cl)c1N. The van der Waals surface area contributed by atoms with Crippen LogP contribution >= 0.6 is 47.1 Å². The highest BCUT2D eigenvalue weighted by Crippen LogP contribution is 2.39. The Morgan fingerprint density at radius 3 is 2.18 bits per heavy atom. The van der Waals surface area contributed by atoms with Crippen molar-refractivity contribution in [3.05, 3.63) is 99.2 Å². The van der Waals surface area contributed by atoms with Crippen LogP contribution in [0.25, 0.3) is 5.69 Å². The Balaban J connectivity index is 0.000000293. The van der Waals surface area contributed by atoms with Crippen molar-refractivity contribution in [2.24, 2.45) is 5.16 Å². The molecule has 0 spiro atoms. The standard InChI is InChI=1S/C19H26O4S.C17H25N3O4S2.C13H9Cl2F3N4OS/c1-5-14-21-24(20)23-18-9-7-6-8-17(18)22-16-12-10-15(11-13-16)19(2,3)4;1-5-23-16(21)11-12-20(13-15-9-7-6-8-10-15)26-19(3)17(22)24-18-14(2)25-4;1-2-24(23)11-9(5-19)21-22(12(11)20)10-7(14)3-6(4-8(10)15)13(16,17)18/h1,10-13,17-18H,6-9,14H2,2-4H3;6-10H,5,11-13H2,1-4H3;3-4H,2,20H2,1H3/b;18-14-;. The lowest BCUT2D eigenvalue weighted by Gasteiger charge is -2.30. The van der Waals surface area contributed by atoms with Crippen LogP contribution in [-0.2, 0) is 63.0 Å². The van der Waals surface area contributed by atoms with Gasteiger partial charge in [0.05, 0.1) is 39.4 Å². The molecule has 1 fully saturated rings. The minimum atomic E-state index is -4.63. The number of oxime groups is 1. The molecule has 0 bridgehead atoms. The minimum Gasteiger partial charge on any atom is -0.488 e. The number of nitrogen functional groups attached to an aromatic ring is 1. The van der Waals surface area contributed by atoms with Crippen LogP contribution in [0.1, 0.15) is 96.0 Å². The molecule has 0 aliphatic heterocycles. The third-order valence-corrected chi connectivity index (χ3v) is 14.5. The van der Waals surface area contributed by atoms with E-state index in [9.17, 15) is 31.2 Å². The Bertz CT molecular complexity index is 2610. The number of anilines is 1. The number of hydrogen-bond donors (Lipinski definition) is 1. The normalized spacial score (nSPS) is 15.5. The summed E-state index contributed by atoms with van der Waals surface area (Å²) < 4.78 is 87.7. The number of ether oxygens (including phenoxy) is 2. The second-order valence-corrected chi connectivity index (χ2v) is 22.2.